The van der Waals surface area contributed by atoms with Gasteiger partial charge in [0, 0.05) is 23.1 Å². The minimum atomic E-state index is 0.852. The maximum absolute atomic E-state index is 2.76. The van der Waals surface area contributed by atoms with Crippen LogP contribution in [0.5, 0.6) is 0 Å². The Labute approximate surface area is 124 Å². The summed E-state index contributed by atoms with van der Waals surface area (Å²) in [4.78, 5) is 2.76. The number of hydrogen-bond donors (Lipinski definition) is 0. The molecule has 1 saturated heterocycles. The number of benzene rings is 1. The number of fused-ring (bicyclic) bond motifs is 1. The Morgan fingerprint density at radius 3 is 2.72 bits per heavy atom. The molecule has 1 saturated carbocycles. The lowest BCUT2D eigenvalue weighted by Crippen LogP contribution is -2.49. The van der Waals surface area contributed by atoms with Crippen molar-refractivity contribution < 1.29 is 0 Å². The molecule has 0 amide bonds. The smallest absolute Gasteiger partial charge is 0.0240 e. The first kappa shape index (κ1) is 12.9. The minimum Gasteiger partial charge on any atom is -0.295 e. The highest BCUT2D eigenvalue weighted by molar-refractivity contribution is 14.1. The molecule has 2 heteroatoms. The Hall–Kier alpha value is -0.0900. The summed E-state index contributed by atoms with van der Waals surface area (Å²) in [6.07, 6.45) is 7.26. The van der Waals surface area contributed by atoms with Gasteiger partial charge in [0.2, 0.25) is 0 Å². The average Bonchev–Trinajstić information content (AvgIpc) is 2.40. The SMILES string of the molecule is I[C@@H]1C[C@@H]2CCCC[C@H]2N(Cc2ccccc2)C1. The maximum Gasteiger partial charge on any atom is 0.0240 e. The molecule has 98 valence electrons. The molecule has 0 N–H and O–H groups in total. The van der Waals surface area contributed by atoms with Crippen molar-refractivity contribution in [2.24, 2.45) is 5.92 Å². The fourth-order valence-corrected chi connectivity index (χ4v) is 4.90. The summed E-state index contributed by atoms with van der Waals surface area (Å²) in [5.41, 5.74) is 1.48. The standard InChI is InChI=1S/C16H22IN/c17-15-10-14-8-4-5-9-16(14)18(12-15)11-13-6-2-1-3-7-13/h1-3,6-7,14-16H,4-5,8-12H2/t14-,15+,16+/m0/s1. The molecule has 1 aliphatic heterocycles. The predicted octanol–water partition coefficient (Wildman–Crippen LogP) is 4.25. The topological polar surface area (TPSA) is 3.24 Å². The number of likely N-dealkylation sites (tertiary alicyclic amines) is 1. The van der Waals surface area contributed by atoms with Crippen LogP contribution < -0.4 is 0 Å². The summed E-state index contributed by atoms with van der Waals surface area (Å²) in [5, 5.41) is 0. The van der Waals surface area contributed by atoms with Crippen molar-refractivity contribution in [3.05, 3.63) is 35.9 Å². The number of halogens is 1. The quantitative estimate of drug-likeness (QED) is 0.566. The van der Waals surface area contributed by atoms with Gasteiger partial charge in [-0.25, -0.2) is 0 Å². The Balaban J connectivity index is 1.72. The van der Waals surface area contributed by atoms with Crippen LogP contribution >= 0.6 is 22.6 Å². The highest BCUT2D eigenvalue weighted by Crippen LogP contribution is 2.38. The summed E-state index contributed by atoms with van der Waals surface area (Å²) >= 11 is 2.66. The van der Waals surface area contributed by atoms with E-state index in [1.165, 1.54) is 44.2 Å². The number of piperidine rings is 1. The van der Waals surface area contributed by atoms with Gasteiger partial charge in [0.15, 0.2) is 0 Å². The molecule has 0 spiro atoms. The van der Waals surface area contributed by atoms with Gasteiger partial charge in [0.1, 0.15) is 0 Å². The lowest BCUT2D eigenvalue weighted by atomic mass is 9.78. The van der Waals surface area contributed by atoms with Crippen molar-refractivity contribution >= 4 is 22.6 Å². The summed E-state index contributed by atoms with van der Waals surface area (Å²) in [7, 11) is 0. The van der Waals surface area contributed by atoms with E-state index in [9.17, 15) is 0 Å². The van der Waals surface area contributed by atoms with Gasteiger partial charge in [-0.05, 0) is 30.7 Å². The zero-order valence-electron chi connectivity index (χ0n) is 10.9. The van der Waals surface area contributed by atoms with E-state index in [2.05, 4.69) is 57.8 Å². The van der Waals surface area contributed by atoms with Crippen LogP contribution in [0.4, 0.5) is 0 Å². The van der Waals surface area contributed by atoms with E-state index in [1.54, 1.807) is 0 Å². The molecule has 3 atom stereocenters. The fraction of sp³-hybridized carbons (Fsp3) is 0.625. The monoisotopic (exact) mass is 355 g/mol. The Bertz CT molecular complexity index is 378. The van der Waals surface area contributed by atoms with E-state index in [-0.39, 0.29) is 0 Å². The van der Waals surface area contributed by atoms with E-state index in [0.717, 1.165) is 22.4 Å². The van der Waals surface area contributed by atoms with E-state index in [1.807, 2.05) is 0 Å². The summed E-state index contributed by atoms with van der Waals surface area (Å²) in [6, 6.07) is 11.9. The molecule has 1 aromatic rings. The molecule has 3 rings (SSSR count). The predicted molar refractivity (Wildman–Crippen MR) is 85.0 cm³/mol. The van der Waals surface area contributed by atoms with Gasteiger partial charge < -0.3 is 0 Å². The minimum absolute atomic E-state index is 0.852. The van der Waals surface area contributed by atoms with Gasteiger partial charge in [-0.2, -0.15) is 0 Å². The average molecular weight is 355 g/mol. The van der Waals surface area contributed by atoms with Gasteiger partial charge in [-0.3, -0.25) is 4.90 Å². The highest BCUT2D eigenvalue weighted by Gasteiger charge is 2.36. The van der Waals surface area contributed by atoms with Gasteiger partial charge in [-0.15, -0.1) is 0 Å². The lowest BCUT2D eigenvalue weighted by Gasteiger charge is -2.46. The molecule has 0 bridgehead atoms. The Morgan fingerprint density at radius 2 is 1.89 bits per heavy atom. The molecule has 0 unspecified atom stereocenters. The van der Waals surface area contributed by atoms with Crippen molar-refractivity contribution in [1.82, 2.24) is 4.90 Å². The van der Waals surface area contributed by atoms with Crippen molar-refractivity contribution in [2.75, 3.05) is 6.54 Å². The first-order valence-corrected chi connectivity index (χ1v) is 8.49. The van der Waals surface area contributed by atoms with E-state index >= 15 is 0 Å². The third-order valence-corrected chi connectivity index (χ3v) is 5.46. The third-order valence-electron chi connectivity index (χ3n) is 4.56. The Morgan fingerprint density at radius 1 is 1.11 bits per heavy atom. The van der Waals surface area contributed by atoms with Crippen LogP contribution in [0.3, 0.4) is 0 Å². The molecule has 0 aromatic heterocycles. The summed E-state index contributed by atoms with van der Waals surface area (Å²) in [5.74, 6) is 0.970. The van der Waals surface area contributed by atoms with Crippen molar-refractivity contribution in [1.29, 1.82) is 0 Å². The van der Waals surface area contributed by atoms with Crippen LogP contribution in [0.2, 0.25) is 0 Å². The molecule has 18 heavy (non-hydrogen) atoms. The first-order chi connectivity index (χ1) is 8.83. The van der Waals surface area contributed by atoms with Crippen LogP contribution in [0.15, 0.2) is 30.3 Å². The second-order valence-electron chi connectivity index (χ2n) is 5.86. The van der Waals surface area contributed by atoms with Gasteiger partial charge >= 0.3 is 0 Å². The van der Waals surface area contributed by atoms with E-state index in [4.69, 9.17) is 0 Å². The summed E-state index contributed by atoms with van der Waals surface area (Å²) in [6.45, 7) is 2.44. The van der Waals surface area contributed by atoms with E-state index < -0.39 is 0 Å². The molecule has 1 nitrogen and oxygen atoms in total. The first-order valence-electron chi connectivity index (χ1n) is 7.25. The highest BCUT2D eigenvalue weighted by atomic mass is 127. The number of nitrogens with zero attached hydrogens (tertiary/aromatic N) is 1. The van der Waals surface area contributed by atoms with Crippen molar-refractivity contribution in [2.45, 2.75) is 48.6 Å². The Kier molecular flexibility index (Phi) is 4.24. The molecule has 2 fully saturated rings. The fourth-order valence-electron chi connectivity index (χ4n) is 3.74. The van der Waals surface area contributed by atoms with Crippen molar-refractivity contribution in [3.63, 3.8) is 0 Å². The van der Waals surface area contributed by atoms with Crippen LogP contribution in [0, 0.1) is 5.92 Å². The molecular weight excluding hydrogens is 333 g/mol. The zero-order valence-corrected chi connectivity index (χ0v) is 13.1. The van der Waals surface area contributed by atoms with E-state index in [0.29, 0.717) is 0 Å². The zero-order chi connectivity index (χ0) is 12.4. The van der Waals surface area contributed by atoms with Crippen LogP contribution in [-0.4, -0.2) is 21.4 Å². The van der Waals surface area contributed by atoms with Gasteiger partial charge in [0.05, 0.1) is 0 Å². The number of rotatable bonds is 2. The van der Waals surface area contributed by atoms with Crippen LogP contribution in [0.25, 0.3) is 0 Å². The molecule has 1 heterocycles. The molecular formula is C16H22IN. The van der Waals surface area contributed by atoms with Crippen LogP contribution in [-0.2, 0) is 6.54 Å². The second-order valence-corrected chi connectivity index (χ2v) is 7.62. The molecule has 2 aliphatic rings. The van der Waals surface area contributed by atoms with Gasteiger partial charge in [-0.1, -0.05) is 65.8 Å². The maximum atomic E-state index is 2.76. The number of alkyl halides is 1. The lowest BCUT2D eigenvalue weighted by molar-refractivity contribution is 0.0610. The molecule has 0 radical (unpaired) electrons. The summed E-state index contributed by atoms with van der Waals surface area (Å²) < 4.78 is 0.852. The molecule has 1 aromatic carbocycles. The second kappa shape index (κ2) is 5.91. The normalized spacial score (nSPS) is 33.1. The van der Waals surface area contributed by atoms with Crippen LogP contribution in [0.1, 0.15) is 37.7 Å². The number of hydrogen-bond acceptors (Lipinski definition) is 1. The largest absolute Gasteiger partial charge is 0.295 e. The molecule has 1 aliphatic carbocycles. The van der Waals surface area contributed by atoms with Crippen molar-refractivity contribution in [3.8, 4) is 0 Å². The third kappa shape index (κ3) is 2.90. The van der Waals surface area contributed by atoms with Gasteiger partial charge in [0.25, 0.3) is 0 Å².